The van der Waals surface area contributed by atoms with Gasteiger partial charge in [0.1, 0.15) is 5.75 Å². The van der Waals surface area contributed by atoms with Crippen LogP contribution in [0.15, 0.2) is 48.5 Å². The van der Waals surface area contributed by atoms with Crippen molar-refractivity contribution in [2.75, 3.05) is 14.2 Å². The van der Waals surface area contributed by atoms with Gasteiger partial charge in [-0.05, 0) is 69.0 Å². The van der Waals surface area contributed by atoms with Gasteiger partial charge in [-0.15, -0.1) is 0 Å². The molecule has 26 heavy (non-hydrogen) atoms. The van der Waals surface area contributed by atoms with E-state index >= 15 is 0 Å². The summed E-state index contributed by atoms with van der Waals surface area (Å²) in [5, 5.41) is 9.90. The predicted molar refractivity (Wildman–Crippen MR) is 105 cm³/mol. The summed E-state index contributed by atoms with van der Waals surface area (Å²) in [5.74, 6) is 0.759. The Bertz CT molecular complexity index is 749. The fourth-order valence-corrected chi connectivity index (χ4v) is 2.81. The third-order valence-electron chi connectivity index (χ3n) is 4.68. The largest absolute Gasteiger partial charge is 0.497 e. The lowest BCUT2D eigenvalue weighted by atomic mass is 9.97. The van der Waals surface area contributed by atoms with Gasteiger partial charge in [0.2, 0.25) is 0 Å². The highest BCUT2D eigenvalue weighted by Crippen LogP contribution is 2.24. The Labute approximate surface area is 156 Å². The van der Waals surface area contributed by atoms with Crippen molar-refractivity contribution >= 4 is 5.91 Å². The quantitative estimate of drug-likeness (QED) is 0.808. The fraction of sp³-hybridized carbons (Fsp3) is 0.409. The van der Waals surface area contributed by atoms with E-state index in [4.69, 9.17) is 4.74 Å². The average Bonchev–Trinajstić information content (AvgIpc) is 2.64. The standard InChI is InChI=1S/C22H29NO3/c1-16(18-9-7-11-20(15-18)26-5)23(4)21(24)19-10-6-8-17(14-19)12-13-22(2,3)25/h6-11,14-16,25H,12-13H2,1-5H3. The number of rotatable bonds is 7. The highest BCUT2D eigenvalue weighted by Gasteiger charge is 2.20. The minimum atomic E-state index is -0.711. The van der Waals surface area contributed by atoms with Crippen LogP contribution in [0.2, 0.25) is 0 Å². The van der Waals surface area contributed by atoms with Crippen molar-refractivity contribution in [3.05, 3.63) is 65.2 Å². The van der Waals surface area contributed by atoms with E-state index in [1.54, 1.807) is 25.9 Å². The summed E-state index contributed by atoms with van der Waals surface area (Å²) in [7, 11) is 3.45. The molecule has 0 saturated carbocycles. The number of aryl methyl sites for hydroxylation is 1. The molecule has 0 fully saturated rings. The van der Waals surface area contributed by atoms with Crippen LogP contribution in [0.1, 0.15) is 54.7 Å². The molecular formula is C22H29NO3. The van der Waals surface area contributed by atoms with Crippen LogP contribution in [0.4, 0.5) is 0 Å². The van der Waals surface area contributed by atoms with E-state index < -0.39 is 5.60 Å². The molecule has 1 N–H and O–H groups in total. The molecule has 0 saturated heterocycles. The molecule has 2 aromatic carbocycles. The molecule has 4 nitrogen and oxygen atoms in total. The van der Waals surface area contributed by atoms with Crippen LogP contribution in [0.5, 0.6) is 5.75 Å². The average molecular weight is 355 g/mol. The lowest BCUT2D eigenvalue weighted by Gasteiger charge is -2.26. The maximum absolute atomic E-state index is 12.9. The van der Waals surface area contributed by atoms with Gasteiger partial charge < -0.3 is 14.7 Å². The van der Waals surface area contributed by atoms with Gasteiger partial charge in [0, 0.05) is 12.6 Å². The first-order chi connectivity index (χ1) is 12.2. The van der Waals surface area contributed by atoms with Crippen LogP contribution >= 0.6 is 0 Å². The number of hydrogen-bond donors (Lipinski definition) is 1. The van der Waals surface area contributed by atoms with Crippen molar-refractivity contribution in [3.8, 4) is 5.75 Å². The third kappa shape index (κ3) is 5.33. The smallest absolute Gasteiger partial charge is 0.254 e. The fourth-order valence-electron chi connectivity index (χ4n) is 2.81. The number of carbonyl (C=O) groups excluding carboxylic acids is 1. The van der Waals surface area contributed by atoms with E-state index in [0.29, 0.717) is 12.0 Å². The molecule has 2 rings (SSSR count). The molecule has 0 heterocycles. The van der Waals surface area contributed by atoms with Gasteiger partial charge in [0.05, 0.1) is 18.8 Å². The van der Waals surface area contributed by atoms with Crippen molar-refractivity contribution in [3.63, 3.8) is 0 Å². The van der Waals surface area contributed by atoms with Gasteiger partial charge in [0.15, 0.2) is 0 Å². The van der Waals surface area contributed by atoms with Crippen molar-refractivity contribution in [1.82, 2.24) is 4.90 Å². The summed E-state index contributed by atoms with van der Waals surface area (Å²) < 4.78 is 5.28. The molecule has 0 spiro atoms. The van der Waals surface area contributed by atoms with Crippen LogP contribution in [0, 0.1) is 0 Å². The lowest BCUT2D eigenvalue weighted by molar-refractivity contribution is 0.0714. The van der Waals surface area contributed by atoms with E-state index in [2.05, 4.69) is 0 Å². The topological polar surface area (TPSA) is 49.8 Å². The molecule has 0 aromatic heterocycles. The summed E-state index contributed by atoms with van der Waals surface area (Å²) in [6.45, 7) is 5.60. The van der Waals surface area contributed by atoms with Gasteiger partial charge in [-0.3, -0.25) is 4.79 Å². The summed E-state index contributed by atoms with van der Waals surface area (Å²) in [6, 6.07) is 15.4. The van der Waals surface area contributed by atoms with Crippen molar-refractivity contribution < 1.29 is 14.6 Å². The predicted octanol–water partition coefficient (Wildman–Crippen LogP) is 4.23. The second-order valence-corrected chi connectivity index (χ2v) is 7.38. The van der Waals surface area contributed by atoms with Crippen LogP contribution in [0.3, 0.4) is 0 Å². The number of amides is 1. The number of hydrogen-bond acceptors (Lipinski definition) is 3. The summed E-state index contributed by atoms with van der Waals surface area (Å²) in [5.41, 5.74) is 2.03. The van der Waals surface area contributed by atoms with Gasteiger partial charge >= 0.3 is 0 Å². The number of nitrogens with zero attached hydrogens (tertiary/aromatic N) is 1. The molecular weight excluding hydrogens is 326 g/mol. The molecule has 2 aromatic rings. The number of ether oxygens (including phenoxy) is 1. The Hall–Kier alpha value is -2.33. The number of carbonyl (C=O) groups is 1. The second kappa shape index (κ2) is 8.37. The monoisotopic (exact) mass is 355 g/mol. The highest BCUT2D eigenvalue weighted by atomic mass is 16.5. The Balaban J connectivity index is 2.14. The van der Waals surface area contributed by atoms with Crippen molar-refractivity contribution in [2.24, 2.45) is 0 Å². The number of methoxy groups -OCH3 is 1. The first kappa shape index (κ1) is 20.0. The normalized spacial score (nSPS) is 12.5. The number of aliphatic hydroxyl groups is 1. The van der Waals surface area contributed by atoms with Gasteiger partial charge in [-0.25, -0.2) is 0 Å². The zero-order chi connectivity index (χ0) is 19.3. The van der Waals surface area contributed by atoms with E-state index in [0.717, 1.165) is 23.3 Å². The molecule has 0 radical (unpaired) electrons. The molecule has 1 unspecified atom stereocenters. The zero-order valence-electron chi connectivity index (χ0n) is 16.3. The Morgan fingerprint density at radius 2 is 1.88 bits per heavy atom. The second-order valence-electron chi connectivity index (χ2n) is 7.38. The molecule has 0 aliphatic heterocycles. The molecule has 4 heteroatoms. The Morgan fingerprint density at radius 1 is 1.19 bits per heavy atom. The van der Waals surface area contributed by atoms with Crippen molar-refractivity contribution in [2.45, 2.75) is 45.3 Å². The molecule has 1 amide bonds. The SMILES string of the molecule is COc1cccc(C(C)N(C)C(=O)c2cccc(CCC(C)(C)O)c2)c1. The molecule has 140 valence electrons. The molecule has 1 atom stereocenters. The molecule has 0 aliphatic rings. The third-order valence-corrected chi connectivity index (χ3v) is 4.68. The number of benzene rings is 2. The highest BCUT2D eigenvalue weighted by molar-refractivity contribution is 5.94. The zero-order valence-corrected chi connectivity index (χ0v) is 16.3. The summed E-state index contributed by atoms with van der Waals surface area (Å²) in [4.78, 5) is 14.7. The van der Waals surface area contributed by atoms with E-state index in [1.807, 2.05) is 62.5 Å². The molecule has 0 aliphatic carbocycles. The minimum absolute atomic E-state index is 0.0228. The summed E-state index contributed by atoms with van der Waals surface area (Å²) >= 11 is 0. The van der Waals surface area contributed by atoms with Crippen LogP contribution in [-0.4, -0.2) is 35.7 Å². The maximum atomic E-state index is 12.9. The van der Waals surface area contributed by atoms with E-state index in [1.165, 1.54) is 0 Å². The minimum Gasteiger partial charge on any atom is -0.497 e. The van der Waals surface area contributed by atoms with Crippen molar-refractivity contribution in [1.29, 1.82) is 0 Å². The van der Waals surface area contributed by atoms with E-state index in [9.17, 15) is 9.90 Å². The summed E-state index contributed by atoms with van der Waals surface area (Å²) in [6.07, 6.45) is 1.39. The van der Waals surface area contributed by atoms with E-state index in [-0.39, 0.29) is 11.9 Å². The van der Waals surface area contributed by atoms with Gasteiger partial charge in [-0.1, -0.05) is 24.3 Å². The first-order valence-electron chi connectivity index (χ1n) is 8.93. The van der Waals surface area contributed by atoms with Gasteiger partial charge in [0.25, 0.3) is 5.91 Å². The van der Waals surface area contributed by atoms with Gasteiger partial charge in [-0.2, -0.15) is 0 Å². The maximum Gasteiger partial charge on any atom is 0.254 e. The Morgan fingerprint density at radius 3 is 2.54 bits per heavy atom. The van der Waals surface area contributed by atoms with Crippen LogP contribution < -0.4 is 4.74 Å². The first-order valence-corrected chi connectivity index (χ1v) is 8.93. The Kier molecular flexibility index (Phi) is 6.43. The lowest BCUT2D eigenvalue weighted by Crippen LogP contribution is -2.29. The van der Waals surface area contributed by atoms with Crippen LogP contribution in [0.25, 0.3) is 0 Å². The van der Waals surface area contributed by atoms with Crippen LogP contribution in [-0.2, 0) is 6.42 Å². The molecule has 0 bridgehead atoms.